The zero-order valence-electron chi connectivity index (χ0n) is 14.5. The fourth-order valence-corrected chi connectivity index (χ4v) is 2.88. The van der Waals surface area contributed by atoms with Gasteiger partial charge in [-0.3, -0.25) is 4.98 Å². The molecule has 3 aromatic heterocycles. The van der Waals surface area contributed by atoms with Crippen molar-refractivity contribution in [2.24, 2.45) is 5.73 Å². The predicted octanol–water partition coefficient (Wildman–Crippen LogP) is 3.42. The van der Waals surface area contributed by atoms with Crippen molar-refractivity contribution < 1.29 is 0 Å². The first-order valence-electron chi connectivity index (χ1n) is 8.55. The van der Waals surface area contributed by atoms with E-state index >= 15 is 0 Å². The number of aromatic nitrogens is 4. The summed E-state index contributed by atoms with van der Waals surface area (Å²) < 4.78 is 1.81. The maximum Gasteiger partial charge on any atom is 0.162 e. The van der Waals surface area contributed by atoms with Crippen LogP contribution in [0, 0.1) is 0 Å². The molecule has 0 fully saturated rings. The average Bonchev–Trinajstić information content (AvgIpc) is 3.12. The first-order valence-corrected chi connectivity index (χ1v) is 8.55. The Kier molecular flexibility index (Phi) is 4.33. The quantitative estimate of drug-likeness (QED) is 0.580. The van der Waals surface area contributed by atoms with Gasteiger partial charge in [-0.25, -0.2) is 4.98 Å². The molecule has 3 N–H and O–H groups in total. The molecule has 1 atom stereocenters. The van der Waals surface area contributed by atoms with Crippen molar-refractivity contribution in [1.29, 1.82) is 0 Å². The summed E-state index contributed by atoms with van der Waals surface area (Å²) in [6, 6.07) is 15.9. The van der Waals surface area contributed by atoms with Gasteiger partial charge < -0.3 is 11.1 Å². The van der Waals surface area contributed by atoms with E-state index in [1.807, 2.05) is 66.2 Å². The fraction of sp³-hybridized carbons (Fsp3) is 0.150. The number of hydrogen-bond donors (Lipinski definition) is 2. The van der Waals surface area contributed by atoms with E-state index < -0.39 is 0 Å². The Balaban J connectivity index is 1.79. The third-order valence-electron chi connectivity index (χ3n) is 4.26. The largest absolute Gasteiger partial charge is 0.366 e. The van der Waals surface area contributed by atoms with Gasteiger partial charge in [0.25, 0.3) is 0 Å². The van der Waals surface area contributed by atoms with Gasteiger partial charge in [0.2, 0.25) is 0 Å². The molecule has 0 saturated heterocycles. The van der Waals surface area contributed by atoms with Gasteiger partial charge in [-0.2, -0.15) is 9.61 Å². The maximum absolute atomic E-state index is 6.11. The summed E-state index contributed by atoms with van der Waals surface area (Å²) in [7, 11) is 0. The minimum Gasteiger partial charge on any atom is -0.366 e. The van der Waals surface area contributed by atoms with Crippen LogP contribution >= 0.6 is 0 Å². The van der Waals surface area contributed by atoms with E-state index in [2.05, 4.69) is 15.4 Å². The van der Waals surface area contributed by atoms with Gasteiger partial charge in [0.1, 0.15) is 5.82 Å². The number of benzene rings is 1. The van der Waals surface area contributed by atoms with E-state index in [0.29, 0.717) is 6.54 Å². The van der Waals surface area contributed by atoms with Crippen LogP contribution in [0.1, 0.15) is 24.1 Å². The van der Waals surface area contributed by atoms with Crippen LogP contribution in [0.15, 0.2) is 67.1 Å². The van der Waals surface area contributed by atoms with Crippen LogP contribution in [0.3, 0.4) is 0 Å². The second kappa shape index (κ2) is 6.93. The van der Waals surface area contributed by atoms with Crippen molar-refractivity contribution in [1.82, 2.24) is 19.6 Å². The summed E-state index contributed by atoms with van der Waals surface area (Å²) in [6.07, 6.45) is 5.40. The Hall–Kier alpha value is -3.25. The topological polar surface area (TPSA) is 81.1 Å². The molecule has 130 valence electrons. The number of rotatable bonds is 5. The summed E-state index contributed by atoms with van der Waals surface area (Å²) in [6.45, 7) is 2.59. The van der Waals surface area contributed by atoms with Crippen molar-refractivity contribution in [3.8, 4) is 11.3 Å². The first kappa shape index (κ1) is 16.2. The highest BCUT2D eigenvalue weighted by Crippen LogP contribution is 2.25. The van der Waals surface area contributed by atoms with Crippen molar-refractivity contribution in [2.75, 3.05) is 5.32 Å². The average molecular weight is 344 g/mol. The van der Waals surface area contributed by atoms with Crippen LogP contribution in [0.4, 0.5) is 5.82 Å². The number of hydrogen-bond acceptors (Lipinski definition) is 5. The van der Waals surface area contributed by atoms with E-state index in [0.717, 1.165) is 33.8 Å². The van der Waals surface area contributed by atoms with Gasteiger partial charge >= 0.3 is 0 Å². The molecule has 4 aromatic rings. The normalized spacial score (nSPS) is 12.2. The molecule has 0 aliphatic rings. The lowest BCUT2D eigenvalue weighted by molar-refractivity contribution is 0.823. The summed E-state index contributed by atoms with van der Waals surface area (Å²) in [5.74, 6) is 0.865. The summed E-state index contributed by atoms with van der Waals surface area (Å²) in [4.78, 5) is 8.97. The fourth-order valence-electron chi connectivity index (χ4n) is 2.88. The lowest BCUT2D eigenvalue weighted by atomic mass is 10.1. The highest BCUT2D eigenvalue weighted by molar-refractivity contribution is 5.68. The molecule has 6 heteroatoms. The molecule has 1 unspecified atom stereocenters. The number of nitrogens with zero attached hydrogens (tertiary/aromatic N) is 4. The first-order chi connectivity index (χ1) is 12.7. The molecule has 0 radical (unpaired) electrons. The Labute approximate surface area is 151 Å². The molecule has 0 spiro atoms. The maximum atomic E-state index is 6.11. The van der Waals surface area contributed by atoms with Gasteiger partial charge in [0.05, 0.1) is 11.9 Å². The van der Waals surface area contributed by atoms with E-state index in [-0.39, 0.29) is 6.04 Å². The van der Waals surface area contributed by atoms with Crippen molar-refractivity contribution in [3.63, 3.8) is 0 Å². The minimum absolute atomic E-state index is 0.141. The number of fused-ring (bicyclic) bond motifs is 1. The minimum atomic E-state index is -0.141. The standard InChI is InChI=1S/C20H20N6/c1-14(21)17-13-24-26-19(23-12-15-6-5-9-22-11-15)10-18(25-20(17)26)16-7-3-2-4-8-16/h2-11,13-14,23H,12,21H2,1H3. The van der Waals surface area contributed by atoms with Crippen LogP contribution in [0.25, 0.3) is 16.9 Å². The molecule has 26 heavy (non-hydrogen) atoms. The van der Waals surface area contributed by atoms with Crippen molar-refractivity contribution >= 4 is 11.5 Å². The van der Waals surface area contributed by atoms with Gasteiger partial charge in [-0.15, -0.1) is 0 Å². The molecule has 0 aliphatic heterocycles. The number of anilines is 1. The van der Waals surface area contributed by atoms with Gasteiger partial charge in [0.15, 0.2) is 5.65 Å². The highest BCUT2D eigenvalue weighted by atomic mass is 15.3. The van der Waals surface area contributed by atoms with Gasteiger partial charge in [-0.05, 0) is 18.6 Å². The Morgan fingerprint density at radius 2 is 1.96 bits per heavy atom. The smallest absolute Gasteiger partial charge is 0.162 e. The van der Waals surface area contributed by atoms with Crippen molar-refractivity contribution in [3.05, 3.63) is 78.2 Å². The highest BCUT2D eigenvalue weighted by Gasteiger charge is 2.14. The SMILES string of the molecule is CC(N)c1cnn2c(NCc3cccnc3)cc(-c3ccccc3)nc12. The molecule has 4 rings (SSSR count). The zero-order chi connectivity index (χ0) is 17.9. The van der Waals surface area contributed by atoms with E-state index in [1.165, 1.54) is 0 Å². The lowest BCUT2D eigenvalue weighted by Crippen LogP contribution is -2.09. The molecule has 6 nitrogen and oxygen atoms in total. The van der Waals surface area contributed by atoms with E-state index in [9.17, 15) is 0 Å². The molecule has 0 saturated carbocycles. The molecule has 3 heterocycles. The monoisotopic (exact) mass is 344 g/mol. The summed E-state index contributed by atoms with van der Waals surface area (Å²) >= 11 is 0. The molecule has 0 bridgehead atoms. The molecule has 1 aromatic carbocycles. The third kappa shape index (κ3) is 3.14. The van der Waals surface area contributed by atoms with Crippen LogP contribution in [0.2, 0.25) is 0 Å². The van der Waals surface area contributed by atoms with E-state index in [1.54, 1.807) is 12.4 Å². The Bertz CT molecular complexity index is 1010. The van der Waals surface area contributed by atoms with Crippen LogP contribution < -0.4 is 11.1 Å². The Morgan fingerprint density at radius 3 is 2.69 bits per heavy atom. The molecule has 0 amide bonds. The second-order valence-corrected chi connectivity index (χ2v) is 6.23. The zero-order valence-corrected chi connectivity index (χ0v) is 14.5. The predicted molar refractivity (Wildman–Crippen MR) is 103 cm³/mol. The second-order valence-electron chi connectivity index (χ2n) is 6.23. The van der Waals surface area contributed by atoms with Gasteiger partial charge in [-0.1, -0.05) is 36.4 Å². The van der Waals surface area contributed by atoms with Gasteiger partial charge in [0, 0.05) is 42.2 Å². The van der Waals surface area contributed by atoms with E-state index in [4.69, 9.17) is 10.7 Å². The van der Waals surface area contributed by atoms with Crippen LogP contribution in [-0.4, -0.2) is 19.6 Å². The van der Waals surface area contributed by atoms with Crippen molar-refractivity contribution in [2.45, 2.75) is 19.5 Å². The molecule has 0 aliphatic carbocycles. The molecular formula is C20H20N6. The number of pyridine rings is 1. The Morgan fingerprint density at radius 1 is 1.12 bits per heavy atom. The third-order valence-corrected chi connectivity index (χ3v) is 4.26. The number of nitrogens with one attached hydrogen (secondary N) is 1. The van der Waals surface area contributed by atoms with Crippen LogP contribution in [0.5, 0.6) is 0 Å². The summed E-state index contributed by atoms with van der Waals surface area (Å²) in [5.41, 5.74) is 10.8. The summed E-state index contributed by atoms with van der Waals surface area (Å²) in [5, 5.41) is 7.93. The number of nitrogens with two attached hydrogens (primary N) is 1. The molecular weight excluding hydrogens is 324 g/mol. The lowest BCUT2D eigenvalue weighted by Gasteiger charge is -2.12. The van der Waals surface area contributed by atoms with Crippen LogP contribution in [-0.2, 0) is 6.54 Å².